The Balaban J connectivity index is 2.37. The highest BCUT2D eigenvalue weighted by Crippen LogP contribution is 2.27. The van der Waals surface area contributed by atoms with Crippen LogP contribution in [0.5, 0.6) is 5.75 Å². The van der Waals surface area contributed by atoms with Gasteiger partial charge in [-0.25, -0.2) is 0 Å². The molecule has 0 aliphatic heterocycles. The van der Waals surface area contributed by atoms with Crippen molar-refractivity contribution in [2.75, 3.05) is 33.4 Å². The van der Waals surface area contributed by atoms with Gasteiger partial charge in [0.1, 0.15) is 5.75 Å². The lowest BCUT2D eigenvalue weighted by molar-refractivity contribution is -0.132. The summed E-state index contributed by atoms with van der Waals surface area (Å²) in [6.07, 6.45) is 0.645. The molecule has 0 unspecified atom stereocenters. The van der Waals surface area contributed by atoms with Gasteiger partial charge >= 0.3 is 0 Å². The summed E-state index contributed by atoms with van der Waals surface area (Å²) < 4.78 is 16.1. The summed E-state index contributed by atoms with van der Waals surface area (Å²) in [4.78, 5) is 0. The molecule has 5 heteroatoms. The number of methoxy groups -OCH3 is 1. The third-order valence-electron chi connectivity index (χ3n) is 2.85. The van der Waals surface area contributed by atoms with E-state index >= 15 is 0 Å². The molecule has 0 saturated heterocycles. The van der Waals surface area contributed by atoms with E-state index in [1.54, 1.807) is 7.11 Å². The van der Waals surface area contributed by atoms with Crippen LogP contribution < -0.4 is 10.1 Å². The first-order valence-electron chi connectivity index (χ1n) is 6.98. The van der Waals surface area contributed by atoms with Crippen molar-refractivity contribution in [1.82, 2.24) is 5.32 Å². The molecule has 114 valence electrons. The van der Waals surface area contributed by atoms with Crippen LogP contribution in [-0.2, 0) is 15.9 Å². The van der Waals surface area contributed by atoms with E-state index in [2.05, 4.69) is 5.32 Å². The van der Waals surface area contributed by atoms with Crippen molar-refractivity contribution in [3.8, 4) is 5.75 Å². The predicted molar refractivity (Wildman–Crippen MR) is 81.6 cm³/mol. The smallest absolute Gasteiger partial charge is 0.169 e. The van der Waals surface area contributed by atoms with Crippen LogP contribution in [0.4, 0.5) is 0 Å². The van der Waals surface area contributed by atoms with Crippen molar-refractivity contribution < 1.29 is 14.2 Å². The molecule has 0 aromatic heterocycles. The summed E-state index contributed by atoms with van der Waals surface area (Å²) in [5.74, 6) is 0.714. The topological polar surface area (TPSA) is 39.7 Å². The molecule has 0 aliphatic carbocycles. The van der Waals surface area contributed by atoms with Gasteiger partial charge in [0.2, 0.25) is 0 Å². The first-order valence-corrected chi connectivity index (χ1v) is 7.36. The van der Waals surface area contributed by atoms with Gasteiger partial charge in [0, 0.05) is 19.8 Å². The van der Waals surface area contributed by atoms with Gasteiger partial charge in [-0.3, -0.25) is 0 Å². The second-order valence-corrected chi connectivity index (χ2v) is 4.61. The maximum atomic E-state index is 6.25. The Morgan fingerprint density at radius 2 is 1.90 bits per heavy atom. The highest BCUT2D eigenvalue weighted by molar-refractivity contribution is 6.32. The average molecular weight is 302 g/mol. The van der Waals surface area contributed by atoms with Crippen LogP contribution in [0, 0.1) is 0 Å². The fourth-order valence-corrected chi connectivity index (χ4v) is 2.19. The highest BCUT2D eigenvalue weighted by Gasteiger charge is 2.08. The molecule has 20 heavy (non-hydrogen) atoms. The van der Waals surface area contributed by atoms with Gasteiger partial charge in [-0.05, 0) is 38.4 Å². The van der Waals surface area contributed by atoms with E-state index in [0.717, 1.165) is 18.5 Å². The molecule has 0 aliphatic rings. The molecule has 1 rings (SSSR count). The summed E-state index contributed by atoms with van der Waals surface area (Å²) in [5, 5.41) is 4.00. The summed E-state index contributed by atoms with van der Waals surface area (Å²) in [7, 11) is 1.62. The molecule has 0 fully saturated rings. The Hall–Kier alpha value is -0.810. The van der Waals surface area contributed by atoms with Crippen molar-refractivity contribution in [3.63, 3.8) is 0 Å². The summed E-state index contributed by atoms with van der Waals surface area (Å²) in [6, 6.07) is 5.82. The number of ether oxygens (including phenoxy) is 3. The molecule has 1 aromatic carbocycles. The monoisotopic (exact) mass is 301 g/mol. The Morgan fingerprint density at radius 1 is 1.20 bits per heavy atom. The maximum Gasteiger partial charge on any atom is 0.169 e. The summed E-state index contributed by atoms with van der Waals surface area (Å²) in [5.41, 5.74) is 1.07. The molecule has 0 radical (unpaired) electrons. The van der Waals surface area contributed by atoms with Gasteiger partial charge in [0.05, 0.1) is 12.1 Å². The normalized spacial score (nSPS) is 11.1. The first kappa shape index (κ1) is 17.2. The van der Waals surface area contributed by atoms with Crippen molar-refractivity contribution in [1.29, 1.82) is 0 Å². The Kier molecular flexibility index (Phi) is 8.62. The van der Waals surface area contributed by atoms with Gasteiger partial charge in [-0.15, -0.1) is 0 Å². The number of nitrogens with one attached hydrogen (secondary N) is 1. The molecule has 0 atom stereocenters. The number of rotatable bonds is 10. The molecule has 1 aromatic rings. The second kappa shape index (κ2) is 10.00. The van der Waals surface area contributed by atoms with E-state index in [1.165, 1.54) is 0 Å². The van der Waals surface area contributed by atoms with Crippen LogP contribution >= 0.6 is 11.6 Å². The van der Waals surface area contributed by atoms with Gasteiger partial charge < -0.3 is 19.5 Å². The predicted octanol–water partition coefficient (Wildman–Crippen LogP) is 2.88. The molecule has 0 saturated carbocycles. The van der Waals surface area contributed by atoms with Crippen molar-refractivity contribution in [3.05, 3.63) is 28.8 Å². The lowest BCUT2D eigenvalue weighted by Crippen LogP contribution is -2.32. The van der Waals surface area contributed by atoms with Gasteiger partial charge in [-0.1, -0.05) is 23.7 Å². The van der Waals surface area contributed by atoms with E-state index in [4.69, 9.17) is 25.8 Å². The fraction of sp³-hybridized carbons (Fsp3) is 0.600. The van der Waals surface area contributed by atoms with Gasteiger partial charge in [-0.2, -0.15) is 0 Å². The molecule has 0 bridgehead atoms. The lowest BCUT2D eigenvalue weighted by Gasteiger charge is -2.17. The standard InChI is InChI=1S/C15H24ClNO3/c1-4-19-14(20-5-2)11-17-10-9-12-7-6-8-13(18-3)15(12)16/h6-8,14,17H,4-5,9-11H2,1-3H3. The van der Waals surface area contributed by atoms with Crippen molar-refractivity contribution >= 4 is 11.6 Å². The van der Waals surface area contributed by atoms with E-state index in [-0.39, 0.29) is 6.29 Å². The van der Waals surface area contributed by atoms with Crippen LogP contribution in [0.15, 0.2) is 18.2 Å². The third-order valence-corrected chi connectivity index (χ3v) is 3.28. The number of hydrogen-bond donors (Lipinski definition) is 1. The first-order chi connectivity index (χ1) is 9.72. The Labute approximate surface area is 126 Å². The zero-order valence-corrected chi connectivity index (χ0v) is 13.2. The molecule has 0 heterocycles. The maximum absolute atomic E-state index is 6.25. The van der Waals surface area contributed by atoms with E-state index in [1.807, 2.05) is 32.0 Å². The molecule has 4 nitrogen and oxygen atoms in total. The number of halogens is 1. The van der Waals surface area contributed by atoms with Crippen molar-refractivity contribution in [2.24, 2.45) is 0 Å². The van der Waals surface area contributed by atoms with Crippen molar-refractivity contribution in [2.45, 2.75) is 26.6 Å². The summed E-state index contributed by atoms with van der Waals surface area (Å²) >= 11 is 6.25. The lowest BCUT2D eigenvalue weighted by atomic mass is 10.1. The largest absolute Gasteiger partial charge is 0.495 e. The molecule has 0 amide bonds. The second-order valence-electron chi connectivity index (χ2n) is 4.23. The molecule has 1 N–H and O–H groups in total. The Morgan fingerprint density at radius 3 is 2.50 bits per heavy atom. The van der Waals surface area contributed by atoms with Gasteiger partial charge in [0.15, 0.2) is 6.29 Å². The van der Waals surface area contributed by atoms with Crippen LogP contribution in [0.3, 0.4) is 0 Å². The average Bonchev–Trinajstić information content (AvgIpc) is 2.45. The van der Waals surface area contributed by atoms with Crippen LogP contribution in [0.2, 0.25) is 5.02 Å². The summed E-state index contributed by atoms with van der Waals surface area (Å²) in [6.45, 7) is 6.69. The quantitative estimate of drug-likeness (QED) is 0.533. The van der Waals surface area contributed by atoms with E-state index < -0.39 is 0 Å². The van der Waals surface area contributed by atoms with Crippen LogP contribution in [-0.4, -0.2) is 39.7 Å². The number of benzene rings is 1. The third kappa shape index (κ3) is 5.67. The zero-order chi connectivity index (χ0) is 14.8. The molecular weight excluding hydrogens is 278 g/mol. The van der Waals surface area contributed by atoms with Gasteiger partial charge in [0.25, 0.3) is 0 Å². The van der Waals surface area contributed by atoms with Crippen LogP contribution in [0.25, 0.3) is 0 Å². The SMILES string of the molecule is CCOC(CNCCc1cccc(OC)c1Cl)OCC. The highest BCUT2D eigenvalue weighted by atomic mass is 35.5. The minimum absolute atomic E-state index is 0.189. The molecule has 0 spiro atoms. The van der Waals surface area contributed by atoms with Crippen LogP contribution in [0.1, 0.15) is 19.4 Å². The minimum atomic E-state index is -0.189. The minimum Gasteiger partial charge on any atom is -0.495 e. The fourth-order valence-electron chi connectivity index (χ4n) is 1.89. The van der Waals surface area contributed by atoms with E-state index in [0.29, 0.717) is 30.5 Å². The zero-order valence-electron chi connectivity index (χ0n) is 12.4. The Bertz CT molecular complexity index is 381. The van der Waals surface area contributed by atoms with E-state index in [9.17, 15) is 0 Å². The molecular formula is C15H24ClNO3. The number of hydrogen-bond acceptors (Lipinski definition) is 4.